The number of carbonyl (C=O) groups is 1. The van der Waals surface area contributed by atoms with Crippen molar-refractivity contribution >= 4 is 23.2 Å². The van der Waals surface area contributed by atoms with E-state index in [1.807, 2.05) is 19.9 Å². The summed E-state index contributed by atoms with van der Waals surface area (Å²) in [5.74, 6) is 0.170. The average molecular weight is 307 g/mol. The normalized spacial score (nSPS) is 12.4. The molecule has 0 unspecified atom stereocenters. The summed E-state index contributed by atoms with van der Waals surface area (Å²) in [7, 11) is 0. The molecule has 0 aliphatic rings. The largest absolute Gasteiger partial charge is 0.325 e. The first-order valence-electron chi connectivity index (χ1n) is 6.83. The zero-order valence-corrected chi connectivity index (χ0v) is 12.8. The van der Waals surface area contributed by atoms with Gasteiger partial charge in [0.05, 0.1) is 16.8 Å². The molecular weight excluding hydrogens is 288 g/mol. The van der Waals surface area contributed by atoms with Crippen molar-refractivity contribution in [1.82, 2.24) is 9.78 Å². The Labute approximate surface area is 129 Å². The third-order valence-corrected chi connectivity index (χ3v) is 3.33. The first-order valence-corrected chi connectivity index (χ1v) is 7.21. The minimum Gasteiger partial charge on any atom is -0.325 e. The molecule has 0 bridgehead atoms. The Morgan fingerprint density at radius 3 is 2.81 bits per heavy atom. The number of hydrogen-bond donors (Lipinski definition) is 2. The molecule has 1 amide bonds. The lowest BCUT2D eigenvalue weighted by molar-refractivity contribution is -0.117. The highest BCUT2D eigenvalue weighted by molar-refractivity contribution is 6.32. The molecule has 21 heavy (non-hydrogen) atoms. The number of hydrogen-bond acceptors (Lipinski definition) is 3. The molecule has 0 saturated carbocycles. The molecule has 3 N–H and O–H groups in total. The van der Waals surface area contributed by atoms with E-state index in [4.69, 9.17) is 17.3 Å². The number of amides is 1. The average Bonchev–Trinajstić information content (AvgIpc) is 2.91. The van der Waals surface area contributed by atoms with Crippen LogP contribution < -0.4 is 11.1 Å². The van der Waals surface area contributed by atoms with Crippen LogP contribution in [0.15, 0.2) is 36.7 Å². The van der Waals surface area contributed by atoms with E-state index in [0.29, 0.717) is 23.0 Å². The molecule has 2 aromatic rings. The molecule has 0 fully saturated rings. The van der Waals surface area contributed by atoms with E-state index in [1.54, 1.807) is 35.3 Å². The fourth-order valence-electron chi connectivity index (χ4n) is 2.03. The van der Waals surface area contributed by atoms with E-state index >= 15 is 0 Å². The maximum Gasteiger partial charge on any atom is 0.241 e. The van der Waals surface area contributed by atoms with E-state index < -0.39 is 6.04 Å². The first-order chi connectivity index (χ1) is 9.97. The number of nitrogens with zero attached hydrogens (tertiary/aromatic N) is 2. The summed E-state index contributed by atoms with van der Waals surface area (Å²) in [5.41, 5.74) is 7.23. The lowest BCUT2D eigenvalue weighted by Crippen LogP contribution is -2.36. The van der Waals surface area contributed by atoms with Gasteiger partial charge in [0, 0.05) is 18.1 Å². The van der Waals surface area contributed by atoms with Crippen molar-refractivity contribution in [2.75, 3.05) is 5.32 Å². The quantitative estimate of drug-likeness (QED) is 0.892. The molecule has 2 rings (SSSR count). The highest BCUT2D eigenvalue weighted by Gasteiger charge is 2.15. The number of carbonyl (C=O) groups excluding carboxylic acids is 1. The number of halogens is 1. The number of anilines is 1. The Balaban J connectivity index is 2.09. The van der Waals surface area contributed by atoms with E-state index in [-0.39, 0.29) is 5.91 Å². The molecule has 0 saturated heterocycles. The second kappa shape index (κ2) is 6.74. The zero-order chi connectivity index (χ0) is 15.4. The van der Waals surface area contributed by atoms with Gasteiger partial charge in [0.1, 0.15) is 0 Å². The number of nitrogens with two attached hydrogens (primary N) is 1. The van der Waals surface area contributed by atoms with Crippen molar-refractivity contribution in [3.05, 3.63) is 41.7 Å². The second-order valence-corrected chi connectivity index (χ2v) is 5.75. The van der Waals surface area contributed by atoms with Crippen LogP contribution in [0.5, 0.6) is 0 Å². The lowest BCUT2D eigenvalue weighted by Gasteiger charge is -2.15. The molecule has 0 aliphatic carbocycles. The number of rotatable bonds is 5. The molecule has 1 atom stereocenters. The fraction of sp³-hybridized carbons (Fsp3) is 0.333. The molecule has 0 radical (unpaired) electrons. The van der Waals surface area contributed by atoms with Crippen molar-refractivity contribution < 1.29 is 4.79 Å². The molecule has 0 aliphatic heterocycles. The standard InChI is InChI=1S/C15H19ClN4O/c1-10(2)8-13(17)15(21)19-11-4-5-14(12(16)9-11)20-7-3-6-18-20/h3-7,9-10,13H,8,17H2,1-2H3,(H,19,21)/t13-/m0/s1. The van der Waals surface area contributed by atoms with Crippen molar-refractivity contribution in [2.45, 2.75) is 26.3 Å². The maximum absolute atomic E-state index is 12.0. The fourth-order valence-corrected chi connectivity index (χ4v) is 2.30. The summed E-state index contributed by atoms with van der Waals surface area (Å²) in [6.45, 7) is 4.06. The molecular formula is C15H19ClN4O. The summed E-state index contributed by atoms with van der Waals surface area (Å²) in [4.78, 5) is 12.0. The van der Waals surface area contributed by atoms with Crippen LogP contribution >= 0.6 is 11.6 Å². The summed E-state index contributed by atoms with van der Waals surface area (Å²) < 4.78 is 1.67. The topological polar surface area (TPSA) is 72.9 Å². The molecule has 5 nitrogen and oxygen atoms in total. The van der Waals surface area contributed by atoms with Gasteiger partial charge in [-0.2, -0.15) is 5.10 Å². The van der Waals surface area contributed by atoms with Crippen molar-refractivity contribution in [3.63, 3.8) is 0 Å². The summed E-state index contributed by atoms with van der Waals surface area (Å²) in [5, 5.41) is 7.41. The van der Waals surface area contributed by atoms with Crippen LogP contribution in [0.2, 0.25) is 5.02 Å². The Bertz CT molecular complexity index is 610. The Morgan fingerprint density at radius 1 is 1.48 bits per heavy atom. The SMILES string of the molecule is CC(C)C[C@H](N)C(=O)Nc1ccc(-n2cccn2)c(Cl)c1. The predicted octanol–water partition coefficient (Wildman–Crippen LogP) is 2.84. The number of nitrogens with one attached hydrogen (secondary N) is 1. The predicted molar refractivity (Wildman–Crippen MR) is 84.6 cm³/mol. The van der Waals surface area contributed by atoms with Gasteiger partial charge in [-0.25, -0.2) is 4.68 Å². The third-order valence-electron chi connectivity index (χ3n) is 3.03. The van der Waals surface area contributed by atoms with Crippen LogP contribution in [0, 0.1) is 5.92 Å². The van der Waals surface area contributed by atoms with E-state index in [0.717, 1.165) is 5.69 Å². The van der Waals surface area contributed by atoms with E-state index in [2.05, 4.69) is 10.4 Å². The number of aromatic nitrogens is 2. The third kappa shape index (κ3) is 4.06. The minimum absolute atomic E-state index is 0.202. The molecule has 6 heteroatoms. The first kappa shape index (κ1) is 15.5. The van der Waals surface area contributed by atoms with Crippen LogP contribution in [0.4, 0.5) is 5.69 Å². The zero-order valence-electron chi connectivity index (χ0n) is 12.1. The molecule has 1 aromatic heterocycles. The van der Waals surface area contributed by atoms with Gasteiger partial charge in [0.15, 0.2) is 0 Å². The van der Waals surface area contributed by atoms with Gasteiger partial charge in [-0.05, 0) is 36.6 Å². The summed E-state index contributed by atoms with van der Waals surface area (Å²) in [6.07, 6.45) is 4.12. The van der Waals surface area contributed by atoms with Gasteiger partial charge in [0.2, 0.25) is 5.91 Å². The van der Waals surface area contributed by atoms with Gasteiger partial charge in [-0.1, -0.05) is 25.4 Å². The Hall–Kier alpha value is -1.85. The van der Waals surface area contributed by atoms with Crippen LogP contribution in [0.3, 0.4) is 0 Å². The molecule has 1 heterocycles. The van der Waals surface area contributed by atoms with Crippen LogP contribution in [-0.4, -0.2) is 21.7 Å². The van der Waals surface area contributed by atoms with E-state index in [1.165, 1.54) is 0 Å². The number of benzene rings is 1. The Kier molecular flexibility index (Phi) is 4.98. The maximum atomic E-state index is 12.0. The highest BCUT2D eigenvalue weighted by Crippen LogP contribution is 2.24. The lowest BCUT2D eigenvalue weighted by atomic mass is 10.0. The van der Waals surface area contributed by atoms with Crippen LogP contribution in [-0.2, 0) is 4.79 Å². The van der Waals surface area contributed by atoms with Crippen molar-refractivity contribution in [2.24, 2.45) is 11.7 Å². The van der Waals surface area contributed by atoms with Crippen molar-refractivity contribution in [3.8, 4) is 5.69 Å². The van der Waals surface area contributed by atoms with Gasteiger partial charge in [0.25, 0.3) is 0 Å². The molecule has 112 valence electrons. The monoisotopic (exact) mass is 306 g/mol. The molecule has 0 spiro atoms. The van der Waals surface area contributed by atoms with Gasteiger partial charge in [-0.3, -0.25) is 4.79 Å². The summed E-state index contributed by atoms with van der Waals surface area (Å²) in [6, 6.07) is 6.58. The molecule has 1 aromatic carbocycles. The van der Waals surface area contributed by atoms with Gasteiger partial charge < -0.3 is 11.1 Å². The Morgan fingerprint density at radius 2 is 2.24 bits per heavy atom. The van der Waals surface area contributed by atoms with Gasteiger partial charge in [-0.15, -0.1) is 0 Å². The minimum atomic E-state index is -0.519. The second-order valence-electron chi connectivity index (χ2n) is 5.34. The smallest absolute Gasteiger partial charge is 0.241 e. The van der Waals surface area contributed by atoms with Crippen LogP contribution in [0.25, 0.3) is 5.69 Å². The summed E-state index contributed by atoms with van der Waals surface area (Å²) >= 11 is 6.22. The highest BCUT2D eigenvalue weighted by atomic mass is 35.5. The van der Waals surface area contributed by atoms with Crippen LogP contribution in [0.1, 0.15) is 20.3 Å². The van der Waals surface area contributed by atoms with Crippen molar-refractivity contribution in [1.29, 1.82) is 0 Å². The van der Waals surface area contributed by atoms with Gasteiger partial charge >= 0.3 is 0 Å². The van der Waals surface area contributed by atoms with E-state index in [9.17, 15) is 4.79 Å².